The second-order valence-corrected chi connectivity index (χ2v) is 6.14. The van der Waals surface area contributed by atoms with Gasteiger partial charge in [-0.1, -0.05) is 18.2 Å². The predicted octanol–water partition coefficient (Wildman–Crippen LogP) is 0.752. The molecule has 0 radical (unpaired) electrons. The highest BCUT2D eigenvalue weighted by atomic mass is 19.1. The molecule has 1 fully saturated rings. The highest BCUT2D eigenvalue weighted by Crippen LogP contribution is 2.30. The number of benzene rings is 1. The first-order chi connectivity index (χ1) is 13.3. The van der Waals surface area contributed by atoms with E-state index in [9.17, 15) is 23.6 Å². The molecular formula is C18H17FN2O7. The highest BCUT2D eigenvalue weighted by molar-refractivity contribution is 5.89. The summed E-state index contributed by atoms with van der Waals surface area (Å²) in [6, 6.07) is 8.31. The Labute approximate surface area is 157 Å². The molecule has 28 heavy (non-hydrogen) atoms. The average molecular weight is 392 g/mol. The fourth-order valence-corrected chi connectivity index (χ4v) is 2.86. The van der Waals surface area contributed by atoms with E-state index in [1.807, 2.05) is 4.98 Å². The Balaban J connectivity index is 1.75. The number of aromatic amines is 1. The van der Waals surface area contributed by atoms with Gasteiger partial charge in [-0.2, -0.15) is 4.39 Å². The lowest BCUT2D eigenvalue weighted by molar-refractivity contribution is -0.152. The van der Waals surface area contributed by atoms with Crippen LogP contribution in [0.15, 0.2) is 46.1 Å². The Hall–Kier alpha value is -3.27. The Morgan fingerprint density at radius 2 is 2.00 bits per heavy atom. The lowest BCUT2D eigenvalue weighted by Gasteiger charge is -2.20. The van der Waals surface area contributed by atoms with Crippen LogP contribution in [0.3, 0.4) is 0 Å². The van der Waals surface area contributed by atoms with E-state index in [1.165, 1.54) is 6.92 Å². The van der Waals surface area contributed by atoms with E-state index in [0.717, 1.165) is 4.57 Å². The van der Waals surface area contributed by atoms with Crippen LogP contribution in [0.2, 0.25) is 0 Å². The Morgan fingerprint density at radius 3 is 2.68 bits per heavy atom. The van der Waals surface area contributed by atoms with Crippen LogP contribution in [0, 0.1) is 5.82 Å². The number of hydrogen-bond acceptors (Lipinski definition) is 7. The molecule has 0 aliphatic carbocycles. The number of rotatable bonds is 5. The van der Waals surface area contributed by atoms with Gasteiger partial charge in [0, 0.05) is 13.3 Å². The third-order valence-electron chi connectivity index (χ3n) is 4.07. The zero-order valence-corrected chi connectivity index (χ0v) is 14.8. The van der Waals surface area contributed by atoms with Gasteiger partial charge in [0.2, 0.25) is 5.82 Å². The van der Waals surface area contributed by atoms with Gasteiger partial charge >= 0.3 is 17.6 Å². The van der Waals surface area contributed by atoms with Crippen molar-refractivity contribution < 1.29 is 28.2 Å². The molecule has 1 saturated heterocycles. The molecule has 0 amide bonds. The minimum Gasteiger partial charge on any atom is -0.459 e. The molecule has 1 aliphatic heterocycles. The third kappa shape index (κ3) is 4.34. The van der Waals surface area contributed by atoms with E-state index >= 15 is 0 Å². The van der Waals surface area contributed by atoms with E-state index in [2.05, 4.69) is 0 Å². The van der Waals surface area contributed by atoms with Gasteiger partial charge in [0.25, 0.3) is 5.56 Å². The molecule has 148 valence electrons. The number of ether oxygens (including phenoxy) is 3. The van der Waals surface area contributed by atoms with E-state index in [1.54, 1.807) is 30.3 Å². The number of hydrogen-bond donors (Lipinski definition) is 1. The standard InChI is InChI=1S/C18H17FN2O7/c1-10(22)27-14-7-12(9-26-17(24)11-5-3-2-4-6-11)28-16(14)21-8-13(19)15(23)20-18(21)25/h2-6,8,12,14,16H,7,9H2,1H3,(H,20,23,25)/t12-,14+,16+/m1/s1. The fraction of sp³-hybridized carbons (Fsp3) is 0.333. The van der Waals surface area contributed by atoms with Crippen molar-refractivity contribution in [2.45, 2.75) is 31.8 Å². The van der Waals surface area contributed by atoms with Gasteiger partial charge in [0.1, 0.15) is 12.7 Å². The summed E-state index contributed by atoms with van der Waals surface area (Å²) in [4.78, 5) is 48.4. The Bertz CT molecular complexity index is 985. The number of nitrogens with zero attached hydrogens (tertiary/aromatic N) is 1. The molecule has 9 nitrogen and oxygen atoms in total. The van der Waals surface area contributed by atoms with Crippen LogP contribution in [0.1, 0.15) is 29.9 Å². The summed E-state index contributed by atoms with van der Waals surface area (Å²) in [5, 5.41) is 0. The molecule has 0 spiro atoms. The summed E-state index contributed by atoms with van der Waals surface area (Å²) in [5.74, 6) is -2.38. The van der Waals surface area contributed by atoms with Crippen LogP contribution < -0.4 is 11.2 Å². The molecule has 3 rings (SSSR count). The van der Waals surface area contributed by atoms with Gasteiger partial charge in [-0.05, 0) is 12.1 Å². The van der Waals surface area contributed by atoms with Crippen molar-refractivity contribution in [1.82, 2.24) is 9.55 Å². The molecule has 3 atom stereocenters. The minimum atomic E-state index is -1.19. The monoisotopic (exact) mass is 392 g/mol. The molecule has 2 aromatic rings. The van der Waals surface area contributed by atoms with Crippen molar-refractivity contribution in [3.05, 3.63) is 68.7 Å². The van der Waals surface area contributed by atoms with Crippen LogP contribution >= 0.6 is 0 Å². The molecule has 1 N–H and O–H groups in total. The summed E-state index contributed by atoms with van der Waals surface area (Å²) < 4.78 is 30.4. The summed E-state index contributed by atoms with van der Waals surface area (Å²) >= 11 is 0. The summed E-state index contributed by atoms with van der Waals surface area (Å²) in [7, 11) is 0. The average Bonchev–Trinajstić information content (AvgIpc) is 3.05. The topological polar surface area (TPSA) is 117 Å². The van der Waals surface area contributed by atoms with Crippen LogP contribution in [-0.4, -0.2) is 40.3 Å². The quantitative estimate of drug-likeness (QED) is 0.747. The molecule has 0 saturated carbocycles. The second-order valence-electron chi connectivity index (χ2n) is 6.14. The van der Waals surface area contributed by atoms with Crippen molar-refractivity contribution in [2.75, 3.05) is 6.61 Å². The van der Waals surface area contributed by atoms with E-state index in [0.29, 0.717) is 11.8 Å². The van der Waals surface area contributed by atoms with Crippen molar-refractivity contribution in [3.8, 4) is 0 Å². The molecule has 1 aromatic heterocycles. The number of halogens is 1. The Morgan fingerprint density at radius 1 is 1.29 bits per heavy atom. The van der Waals surface area contributed by atoms with Gasteiger partial charge in [-0.3, -0.25) is 19.1 Å². The third-order valence-corrected chi connectivity index (χ3v) is 4.07. The number of carbonyl (C=O) groups excluding carboxylic acids is 2. The van der Waals surface area contributed by atoms with Gasteiger partial charge in [-0.25, -0.2) is 9.59 Å². The maximum absolute atomic E-state index is 13.6. The van der Waals surface area contributed by atoms with Gasteiger partial charge in [0.05, 0.1) is 17.9 Å². The van der Waals surface area contributed by atoms with Gasteiger partial charge < -0.3 is 14.2 Å². The fourth-order valence-electron chi connectivity index (χ4n) is 2.86. The second kappa shape index (κ2) is 8.17. The van der Waals surface area contributed by atoms with Crippen LogP contribution in [0.25, 0.3) is 0 Å². The van der Waals surface area contributed by atoms with Gasteiger partial charge in [-0.15, -0.1) is 0 Å². The lowest BCUT2D eigenvalue weighted by atomic mass is 10.2. The molecular weight excluding hydrogens is 375 g/mol. The van der Waals surface area contributed by atoms with E-state index in [4.69, 9.17) is 14.2 Å². The number of nitrogens with one attached hydrogen (secondary N) is 1. The molecule has 0 bridgehead atoms. The van der Waals surface area contributed by atoms with E-state index < -0.39 is 47.4 Å². The maximum atomic E-state index is 13.6. The first-order valence-electron chi connectivity index (χ1n) is 8.41. The molecule has 2 heterocycles. The van der Waals surface area contributed by atoms with Crippen LogP contribution in [0.4, 0.5) is 4.39 Å². The number of aromatic nitrogens is 2. The smallest absolute Gasteiger partial charge is 0.338 e. The summed E-state index contributed by atoms with van der Waals surface area (Å²) in [6.45, 7) is 1.01. The molecule has 1 aromatic carbocycles. The zero-order valence-electron chi connectivity index (χ0n) is 14.8. The highest BCUT2D eigenvalue weighted by Gasteiger charge is 2.40. The van der Waals surface area contributed by atoms with Crippen molar-refractivity contribution in [3.63, 3.8) is 0 Å². The van der Waals surface area contributed by atoms with E-state index in [-0.39, 0.29) is 13.0 Å². The number of carbonyl (C=O) groups is 2. The SMILES string of the molecule is CC(=O)O[C@H]1C[C@H](COC(=O)c2ccccc2)O[C@@H]1n1cc(F)c(=O)[nH]c1=O. The lowest BCUT2D eigenvalue weighted by Crippen LogP contribution is -2.37. The van der Waals surface area contributed by atoms with Crippen molar-refractivity contribution in [2.24, 2.45) is 0 Å². The maximum Gasteiger partial charge on any atom is 0.338 e. The first kappa shape index (κ1) is 19.5. The van der Waals surface area contributed by atoms with Gasteiger partial charge in [0.15, 0.2) is 6.23 Å². The molecule has 0 unspecified atom stereocenters. The predicted molar refractivity (Wildman–Crippen MR) is 92.1 cm³/mol. The minimum absolute atomic E-state index is 0.111. The van der Waals surface area contributed by atoms with Crippen LogP contribution in [-0.2, 0) is 19.0 Å². The molecule has 10 heteroatoms. The summed E-state index contributed by atoms with van der Waals surface area (Å²) in [5.41, 5.74) is -1.74. The zero-order chi connectivity index (χ0) is 20.3. The van der Waals surface area contributed by atoms with Crippen molar-refractivity contribution in [1.29, 1.82) is 0 Å². The van der Waals surface area contributed by atoms with Crippen molar-refractivity contribution >= 4 is 11.9 Å². The Kier molecular flexibility index (Phi) is 5.69. The molecule has 1 aliphatic rings. The number of esters is 2. The normalized spacial score (nSPS) is 21.3. The summed E-state index contributed by atoms with van der Waals surface area (Å²) in [6.07, 6.45) is -2.02. The largest absolute Gasteiger partial charge is 0.459 e. The first-order valence-corrected chi connectivity index (χ1v) is 8.41. The number of H-pyrrole nitrogens is 1. The van der Waals surface area contributed by atoms with Crippen LogP contribution in [0.5, 0.6) is 0 Å².